The van der Waals surface area contributed by atoms with Crippen molar-refractivity contribution in [1.29, 1.82) is 0 Å². The van der Waals surface area contributed by atoms with E-state index < -0.39 is 72.7 Å². The van der Waals surface area contributed by atoms with Crippen molar-refractivity contribution < 1.29 is 51.3 Å². The second kappa shape index (κ2) is 25.7. The van der Waals surface area contributed by atoms with E-state index in [2.05, 4.69) is 132 Å². The van der Waals surface area contributed by atoms with Crippen molar-refractivity contribution in [2.45, 2.75) is 232 Å². The summed E-state index contributed by atoms with van der Waals surface area (Å²) in [6.45, 7) is 46.0. The summed E-state index contributed by atoms with van der Waals surface area (Å²) in [6, 6.07) is 12.2. The molecule has 0 amide bonds. The lowest BCUT2D eigenvalue weighted by Gasteiger charge is -2.57. The second-order valence-electron chi connectivity index (χ2n) is 21.6. The molecule has 1 aliphatic heterocycles. The van der Waals surface area contributed by atoms with E-state index in [0.717, 1.165) is 11.3 Å². The quantitative estimate of drug-likeness (QED) is 0.0534. The van der Waals surface area contributed by atoms with Crippen LogP contribution in [-0.4, -0.2) is 85.1 Å². The van der Waals surface area contributed by atoms with Crippen molar-refractivity contribution in [3.63, 3.8) is 0 Å². The lowest BCUT2D eigenvalue weighted by molar-refractivity contribution is -0.194. The SMILES string of the molecule is CCSC1OC(COC(=O)c2cc(OC(C)=O)c(OCc3ccccc3)c(OC(C)=O)c2)C(O[Si](C(C)C)(C(C)C)C(C)C)C(O[Si](C(C)C)(C(C)C)C(C)C)C1O[Si](C(C)C)(C(C)C)C(C)C. The van der Waals surface area contributed by atoms with Gasteiger partial charge in [-0.05, 0) is 73.3 Å². The fourth-order valence-electron chi connectivity index (χ4n) is 11.9. The molecule has 0 bridgehead atoms. The van der Waals surface area contributed by atoms with Gasteiger partial charge in [0, 0.05) is 13.8 Å². The minimum Gasteiger partial charge on any atom is -0.482 e. The molecule has 11 nitrogen and oxygen atoms in total. The standard InChI is InChI=1S/C53H90O11SSi3/c1-22-65-53-51(64-68(38(14)15,39(16)17)40(18)19)50(63-67(35(8)9,36(10)11)37(12)13)49(62-66(32(2)3,33(4)5)34(6)7)47(61-53)31-58-52(56)44-28-45(59-41(20)54)48(46(29-44)60-42(21)55)57-30-43-26-24-23-25-27-43/h23-29,32-40,47,49-51,53H,22,30-31H2,1-21H3. The molecule has 5 atom stereocenters. The van der Waals surface area contributed by atoms with E-state index in [1.165, 1.54) is 26.0 Å². The molecule has 5 unspecified atom stereocenters. The largest absolute Gasteiger partial charge is 0.482 e. The molecule has 1 fully saturated rings. The van der Waals surface area contributed by atoms with Crippen molar-refractivity contribution in [2.24, 2.45) is 0 Å². The maximum Gasteiger partial charge on any atom is 0.338 e. The minimum atomic E-state index is -2.70. The van der Waals surface area contributed by atoms with Crippen LogP contribution in [-0.2, 0) is 38.9 Å². The average molecular weight is 1020 g/mol. The summed E-state index contributed by atoms with van der Waals surface area (Å²) in [5.74, 6) is -1.45. The van der Waals surface area contributed by atoms with E-state index in [4.69, 9.17) is 37.0 Å². The van der Waals surface area contributed by atoms with Crippen LogP contribution in [0.2, 0.25) is 49.9 Å². The maximum atomic E-state index is 14.6. The summed E-state index contributed by atoms with van der Waals surface area (Å²) in [7, 11) is -7.94. The molecule has 2 aromatic rings. The van der Waals surface area contributed by atoms with Crippen LogP contribution in [0.15, 0.2) is 42.5 Å². The Morgan fingerprint density at radius 1 is 0.574 bits per heavy atom. The number of esters is 3. The van der Waals surface area contributed by atoms with E-state index in [9.17, 15) is 14.4 Å². The normalized spacial score (nSPS) is 19.6. The third kappa shape index (κ3) is 13.5. The molecule has 1 aliphatic rings. The number of carbonyl (C=O) groups excluding carboxylic acids is 3. The van der Waals surface area contributed by atoms with E-state index >= 15 is 0 Å². The summed E-state index contributed by atoms with van der Waals surface area (Å²) < 4.78 is 55.1. The van der Waals surface area contributed by atoms with Gasteiger partial charge in [-0.2, -0.15) is 0 Å². The zero-order valence-electron chi connectivity index (χ0n) is 45.6. The molecule has 0 aromatic heterocycles. The van der Waals surface area contributed by atoms with Gasteiger partial charge >= 0.3 is 17.9 Å². The van der Waals surface area contributed by atoms with Crippen molar-refractivity contribution >= 4 is 54.6 Å². The molecule has 386 valence electrons. The smallest absolute Gasteiger partial charge is 0.338 e. The van der Waals surface area contributed by atoms with Crippen LogP contribution >= 0.6 is 11.8 Å². The topological polar surface area (TPSA) is 125 Å². The van der Waals surface area contributed by atoms with E-state index in [0.29, 0.717) is 16.6 Å². The van der Waals surface area contributed by atoms with Gasteiger partial charge < -0.3 is 37.0 Å². The highest BCUT2D eigenvalue weighted by Gasteiger charge is 2.60. The third-order valence-corrected chi connectivity index (χ3v) is 33.8. The molecule has 15 heteroatoms. The Hall–Kier alpha value is -2.51. The minimum absolute atomic E-state index is 0.000345. The van der Waals surface area contributed by atoms with Crippen LogP contribution in [0.5, 0.6) is 17.2 Å². The summed E-state index contributed by atoms with van der Waals surface area (Å²) in [5, 5.41) is 0. The maximum absolute atomic E-state index is 14.6. The molecule has 1 heterocycles. The van der Waals surface area contributed by atoms with E-state index in [1.54, 1.807) is 11.8 Å². The number of carbonyl (C=O) groups is 3. The summed E-state index contributed by atoms with van der Waals surface area (Å²) >= 11 is 1.70. The molecular weight excluding hydrogens is 929 g/mol. The van der Waals surface area contributed by atoms with Gasteiger partial charge in [-0.1, -0.05) is 162 Å². The van der Waals surface area contributed by atoms with Crippen molar-refractivity contribution in [3.05, 3.63) is 53.6 Å². The first-order chi connectivity index (χ1) is 31.6. The van der Waals surface area contributed by atoms with Crippen LogP contribution in [0.1, 0.15) is 161 Å². The molecule has 68 heavy (non-hydrogen) atoms. The van der Waals surface area contributed by atoms with Crippen LogP contribution in [0, 0.1) is 0 Å². The molecule has 0 spiro atoms. The number of rotatable bonds is 25. The Morgan fingerprint density at radius 2 is 0.956 bits per heavy atom. The molecule has 1 saturated heterocycles. The summed E-state index contributed by atoms with van der Waals surface area (Å²) in [4.78, 5) is 39.5. The molecule has 0 aliphatic carbocycles. The number of ether oxygens (including phenoxy) is 5. The highest BCUT2D eigenvalue weighted by atomic mass is 32.2. The predicted molar refractivity (Wildman–Crippen MR) is 285 cm³/mol. The third-order valence-electron chi connectivity index (χ3n) is 14.4. The summed E-state index contributed by atoms with van der Waals surface area (Å²) in [6.07, 6.45) is -2.44. The van der Waals surface area contributed by atoms with Gasteiger partial charge in [0.2, 0.25) is 30.7 Å². The van der Waals surface area contributed by atoms with Crippen molar-refractivity contribution in [3.8, 4) is 17.2 Å². The van der Waals surface area contributed by atoms with Crippen LogP contribution in [0.25, 0.3) is 0 Å². The predicted octanol–water partition coefficient (Wildman–Crippen LogP) is 14.4. The highest BCUT2D eigenvalue weighted by Crippen LogP contribution is 2.52. The molecule has 0 saturated carbocycles. The monoisotopic (exact) mass is 1020 g/mol. The molecular formula is C53H90O11SSi3. The fourth-order valence-corrected chi connectivity index (χ4v) is 29.6. The zero-order chi connectivity index (χ0) is 51.6. The van der Waals surface area contributed by atoms with E-state index in [-0.39, 0.29) is 69.3 Å². The van der Waals surface area contributed by atoms with Crippen molar-refractivity contribution in [1.82, 2.24) is 0 Å². The average Bonchev–Trinajstić information content (AvgIpc) is 3.22. The van der Waals surface area contributed by atoms with Gasteiger partial charge in [-0.3, -0.25) is 9.59 Å². The molecule has 2 aromatic carbocycles. The highest BCUT2D eigenvalue weighted by molar-refractivity contribution is 7.99. The lowest BCUT2D eigenvalue weighted by Crippen LogP contribution is -2.69. The van der Waals surface area contributed by atoms with Gasteiger partial charge in [0.25, 0.3) is 0 Å². The zero-order valence-corrected chi connectivity index (χ0v) is 49.5. The lowest BCUT2D eigenvalue weighted by atomic mass is 10.0. The Balaban J connectivity index is 2.38. The van der Waals surface area contributed by atoms with Gasteiger partial charge in [0.05, 0.1) is 5.56 Å². The molecule has 0 radical (unpaired) electrons. The Morgan fingerprint density at radius 3 is 1.32 bits per heavy atom. The van der Waals surface area contributed by atoms with Crippen LogP contribution in [0.4, 0.5) is 0 Å². The van der Waals surface area contributed by atoms with E-state index in [1.807, 2.05) is 30.3 Å². The first kappa shape index (κ1) is 59.8. The van der Waals surface area contributed by atoms with Crippen LogP contribution in [0.3, 0.4) is 0 Å². The number of thioether (sulfide) groups is 1. The molecule has 0 N–H and O–H groups in total. The van der Waals surface area contributed by atoms with Gasteiger partial charge in [0.15, 0.2) is 11.5 Å². The fraction of sp³-hybridized carbons (Fsp3) is 0.717. The van der Waals surface area contributed by atoms with Gasteiger partial charge in [0.1, 0.15) is 43.1 Å². The molecule has 3 rings (SSSR count). The Labute approximate surface area is 418 Å². The van der Waals surface area contributed by atoms with Gasteiger partial charge in [-0.25, -0.2) is 4.79 Å². The van der Waals surface area contributed by atoms with Crippen molar-refractivity contribution in [2.75, 3.05) is 12.4 Å². The Kier molecular flexibility index (Phi) is 22.6. The number of hydrogen-bond donors (Lipinski definition) is 0. The van der Waals surface area contributed by atoms with Gasteiger partial charge in [-0.15, -0.1) is 11.8 Å². The second-order valence-corrected chi connectivity index (χ2v) is 39.2. The Bertz CT molecular complexity index is 1820. The first-order valence-corrected chi connectivity index (χ1v) is 32.8. The number of hydrogen-bond acceptors (Lipinski definition) is 12. The summed E-state index contributed by atoms with van der Waals surface area (Å²) in [5.41, 5.74) is 2.75. The van der Waals surface area contributed by atoms with Crippen LogP contribution < -0.4 is 14.2 Å². The first-order valence-electron chi connectivity index (χ1n) is 25.3. The number of benzene rings is 2.